The van der Waals surface area contributed by atoms with Crippen molar-refractivity contribution in [3.8, 4) is 0 Å². The maximum atomic E-state index is 11.8. The van der Waals surface area contributed by atoms with E-state index >= 15 is 0 Å². The Labute approximate surface area is 122 Å². The molecular formula is C14H18ClN3O2. The summed E-state index contributed by atoms with van der Waals surface area (Å²) in [4.78, 5) is 22.9. The second-order valence-electron chi connectivity index (χ2n) is 5.00. The molecule has 0 saturated carbocycles. The monoisotopic (exact) mass is 295 g/mol. The van der Waals surface area contributed by atoms with Crippen LogP contribution < -0.4 is 16.4 Å². The molecule has 0 radical (unpaired) electrons. The number of nitrogens with two attached hydrogens (primary N) is 1. The van der Waals surface area contributed by atoms with Crippen LogP contribution in [0.4, 0.5) is 5.69 Å². The molecule has 0 spiro atoms. The number of hydrogen-bond donors (Lipinski definition) is 3. The minimum atomic E-state index is -0.582. The van der Waals surface area contributed by atoms with Crippen molar-refractivity contribution < 1.29 is 9.59 Å². The molecule has 0 aliphatic carbocycles. The van der Waals surface area contributed by atoms with E-state index in [2.05, 4.69) is 10.6 Å². The summed E-state index contributed by atoms with van der Waals surface area (Å²) in [5.41, 5.74) is 6.00. The van der Waals surface area contributed by atoms with Crippen LogP contribution in [0.1, 0.15) is 29.6 Å². The minimum Gasteiger partial charge on any atom is -0.366 e. The Kier molecular flexibility index (Phi) is 4.98. The lowest BCUT2D eigenvalue weighted by Crippen LogP contribution is -2.15. The second kappa shape index (κ2) is 6.72. The molecule has 1 saturated heterocycles. The number of carbonyl (C=O) groups is 2. The second-order valence-corrected chi connectivity index (χ2v) is 5.41. The van der Waals surface area contributed by atoms with Crippen molar-refractivity contribution in [2.24, 2.45) is 11.7 Å². The van der Waals surface area contributed by atoms with Gasteiger partial charge in [-0.15, -0.1) is 0 Å². The zero-order valence-corrected chi connectivity index (χ0v) is 11.9. The summed E-state index contributed by atoms with van der Waals surface area (Å²) >= 11 is 5.93. The molecule has 1 heterocycles. The van der Waals surface area contributed by atoms with E-state index in [1.165, 1.54) is 12.1 Å². The van der Waals surface area contributed by atoms with Gasteiger partial charge in [-0.1, -0.05) is 11.6 Å². The van der Waals surface area contributed by atoms with Gasteiger partial charge in [-0.2, -0.15) is 0 Å². The van der Waals surface area contributed by atoms with Crippen LogP contribution in [-0.4, -0.2) is 24.9 Å². The SMILES string of the molecule is NC(=O)c1ccc(NC(=O)CCC2CCNC2)cc1Cl. The molecule has 0 bridgehead atoms. The number of nitrogens with one attached hydrogen (secondary N) is 2. The van der Waals surface area contributed by atoms with Crippen LogP contribution in [-0.2, 0) is 4.79 Å². The summed E-state index contributed by atoms with van der Waals surface area (Å²) in [5, 5.41) is 6.30. The summed E-state index contributed by atoms with van der Waals surface area (Å²) in [6.07, 6.45) is 2.50. The highest BCUT2D eigenvalue weighted by molar-refractivity contribution is 6.34. The van der Waals surface area contributed by atoms with Crippen LogP contribution in [0.5, 0.6) is 0 Å². The fraction of sp³-hybridized carbons (Fsp3) is 0.429. The zero-order chi connectivity index (χ0) is 14.5. The van der Waals surface area contributed by atoms with Gasteiger partial charge >= 0.3 is 0 Å². The third-order valence-electron chi connectivity index (χ3n) is 3.46. The van der Waals surface area contributed by atoms with Gasteiger partial charge in [-0.05, 0) is 50.0 Å². The first kappa shape index (κ1) is 14.8. The maximum absolute atomic E-state index is 11.8. The molecule has 1 aliphatic heterocycles. The normalized spacial score (nSPS) is 17.9. The van der Waals surface area contributed by atoms with Gasteiger partial charge in [0.2, 0.25) is 11.8 Å². The van der Waals surface area contributed by atoms with Gasteiger partial charge in [-0.3, -0.25) is 9.59 Å². The van der Waals surface area contributed by atoms with Gasteiger partial charge in [0, 0.05) is 12.1 Å². The van der Waals surface area contributed by atoms with Gasteiger partial charge in [-0.25, -0.2) is 0 Å². The van der Waals surface area contributed by atoms with E-state index in [9.17, 15) is 9.59 Å². The van der Waals surface area contributed by atoms with Crippen LogP contribution in [0.25, 0.3) is 0 Å². The molecule has 1 aliphatic rings. The van der Waals surface area contributed by atoms with Crippen molar-refractivity contribution in [1.29, 1.82) is 0 Å². The lowest BCUT2D eigenvalue weighted by molar-refractivity contribution is -0.116. The Morgan fingerprint density at radius 1 is 1.45 bits per heavy atom. The average Bonchev–Trinajstić information content (AvgIpc) is 2.89. The van der Waals surface area contributed by atoms with Crippen LogP contribution in [0.15, 0.2) is 18.2 Å². The first-order chi connectivity index (χ1) is 9.56. The number of amides is 2. The van der Waals surface area contributed by atoms with Gasteiger partial charge in [0.15, 0.2) is 0 Å². The number of hydrogen-bond acceptors (Lipinski definition) is 3. The van der Waals surface area contributed by atoms with E-state index in [0.717, 1.165) is 25.9 Å². The van der Waals surface area contributed by atoms with Gasteiger partial charge < -0.3 is 16.4 Å². The summed E-state index contributed by atoms with van der Waals surface area (Å²) in [5.74, 6) is -0.0389. The quantitative estimate of drug-likeness (QED) is 0.774. The largest absolute Gasteiger partial charge is 0.366 e. The molecule has 0 aromatic heterocycles. The van der Waals surface area contributed by atoms with Crippen molar-refractivity contribution >= 4 is 29.1 Å². The predicted octanol–water partition coefficient (Wildman–Crippen LogP) is 1.77. The lowest BCUT2D eigenvalue weighted by atomic mass is 10.0. The highest BCUT2D eigenvalue weighted by atomic mass is 35.5. The number of carbonyl (C=O) groups excluding carboxylic acids is 2. The summed E-state index contributed by atoms with van der Waals surface area (Å²) < 4.78 is 0. The van der Waals surface area contributed by atoms with Crippen LogP contribution >= 0.6 is 11.6 Å². The number of benzene rings is 1. The van der Waals surface area contributed by atoms with Crippen LogP contribution in [0.3, 0.4) is 0 Å². The molecule has 1 aromatic carbocycles. The summed E-state index contributed by atoms with van der Waals surface area (Å²) in [6, 6.07) is 4.68. The van der Waals surface area contributed by atoms with Crippen molar-refractivity contribution in [2.75, 3.05) is 18.4 Å². The third kappa shape index (κ3) is 3.95. The smallest absolute Gasteiger partial charge is 0.250 e. The molecule has 1 aromatic rings. The molecule has 4 N–H and O–H groups in total. The van der Waals surface area contributed by atoms with Crippen molar-refractivity contribution in [3.63, 3.8) is 0 Å². The van der Waals surface area contributed by atoms with E-state index < -0.39 is 5.91 Å². The summed E-state index contributed by atoms with van der Waals surface area (Å²) in [7, 11) is 0. The molecule has 1 atom stereocenters. The first-order valence-electron chi connectivity index (χ1n) is 6.66. The predicted molar refractivity (Wildman–Crippen MR) is 78.8 cm³/mol. The van der Waals surface area contributed by atoms with Gasteiger partial charge in [0.05, 0.1) is 10.6 Å². The highest BCUT2D eigenvalue weighted by Crippen LogP contribution is 2.21. The minimum absolute atomic E-state index is 0.0419. The molecule has 20 heavy (non-hydrogen) atoms. The fourth-order valence-electron chi connectivity index (χ4n) is 2.31. The zero-order valence-electron chi connectivity index (χ0n) is 11.1. The molecule has 1 fully saturated rings. The Morgan fingerprint density at radius 3 is 2.85 bits per heavy atom. The Bertz CT molecular complexity index is 513. The Hall–Kier alpha value is -1.59. The Morgan fingerprint density at radius 2 is 2.25 bits per heavy atom. The fourth-order valence-corrected chi connectivity index (χ4v) is 2.59. The van der Waals surface area contributed by atoms with E-state index in [-0.39, 0.29) is 16.5 Å². The van der Waals surface area contributed by atoms with Crippen LogP contribution in [0, 0.1) is 5.92 Å². The molecule has 6 heteroatoms. The average molecular weight is 296 g/mol. The molecule has 108 valence electrons. The molecule has 1 unspecified atom stereocenters. The first-order valence-corrected chi connectivity index (χ1v) is 7.04. The van der Waals surface area contributed by atoms with E-state index in [1.807, 2.05) is 0 Å². The Balaban J connectivity index is 1.87. The van der Waals surface area contributed by atoms with E-state index in [4.69, 9.17) is 17.3 Å². The number of rotatable bonds is 5. The van der Waals surface area contributed by atoms with Crippen molar-refractivity contribution in [3.05, 3.63) is 28.8 Å². The van der Waals surface area contributed by atoms with E-state index in [0.29, 0.717) is 18.0 Å². The van der Waals surface area contributed by atoms with Gasteiger partial charge in [0.1, 0.15) is 0 Å². The molecule has 2 rings (SSSR count). The number of anilines is 1. The number of halogens is 1. The number of primary amides is 1. The maximum Gasteiger partial charge on any atom is 0.250 e. The van der Waals surface area contributed by atoms with E-state index in [1.54, 1.807) is 6.07 Å². The van der Waals surface area contributed by atoms with Gasteiger partial charge in [0.25, 0.3) is 0 Å². The molecule has 2 amide bonds. The molecule has 5 nitrogen and oxygen atoms in total. The van der Waals surface area contributed by atoms with Crippen LogP contribution in [0.2, 0.25) is 5.02 Å². The summed E-state index contributed by atoms with van der Waals surface area (Å²) in [6.45, 7) is 2.03. The lowest BCUT2D eigenvalue weighted by Gasteiger charge is -2.09. The molecular weight excluding hydrogens is 278 g/mol. The highest BCUT2D eigenvalue weighted by Gasteiger charge is 2.16. The van der Waals surface area contributed by atoms with Crippen molar-refractivity contribution in [2.45, 2.75) is 19.3 Å². The standard InChI is InChI=1S/C14H18ClN3O2/c15-12-7-10(2-3-11(12)14(16)20)18-13(19)4-1-9-5-6-17-8-9/h2-3,7,9,17H,1,4-6,8H2,(H2,16,20)(H,18,19). The topological polar surface area (TPSA) is 84.2 Å². The van der Waals surface area contributed by atoms with Crippen molar-refractivity contribution in [1.82, 2.24) is 5.32 Å². The third-order valence-corrected chi connectivity index (χ3v) is 3.77.